The molecule has 0 aromatic heterocycles. The van der Waals surface area contributed by atoms with Crippen molar-refractivity contribution in [2.45, 2.75) is 51.9 Å². The van der Waals surface area contributed by atoms with Crippen LogP contribution in [0.15, 0.2) is 12.2 Å². The molecule has 0 spiro atoms. The van der Waals surface area contributed by atoms with Crippen LogP contribution in [0, 0.1) is 5.92 Å². The first-order chi connectivity index (χ1) is 10.6. The lowest BCUT2D eigenvalue weighted by Gasteiger charge is -2.10. The van der Waals surface area contributed by atoms with Gasteiger partial charge in [-0.3, -0.25) is 0 Å². The predicted molar refractivity (Wildman–Crippen MR) is 86.6 cm³/mol. The molecule has 5 nitrogen and oxygen atoms in total. The Morgan fingerprint density at radius 3 is 2.50 bits per heavy atom. The van der Waals surface area contributed by atoms with Crippen LogP contribution in [0.3, 0.4) is 0 Å². The van der Waals surface area contributed by atoms with Crippen molar-refractivity contribution in [1.29, 1.82) is 0 Å². The third-order valence-corrected chi connectivity index (χ3v) is 3.38. The van der Waals surface area contributed by atoms with Gasteiger partial charge in [0.2, 0.25) is 0 Å². The number of hydrogen-bond donors (Lipinski definition) is 1. The van der Waals surface area contributed by atoms with E-state index in [2.05, 4.69) is 11.9 Å². The normalized spacial score (nSPS) is 11.7. The molecule has 1 N–H and O–H groups in total. The number of ether oxygens (including phenoxy) is 1. The molecular weight excluding hydrogens is 282 g/mol. The van der Waals surface area contributed by atoms with E-state index in [1.165, 1.54) is 0 Å². The molecule has 5 heteroatoms. The lowest BCUT2D eigenvalue weighted by Crippen LogP contribution is -2.23. The second-order valence-corrected chi connectivity index (χ2v) is 5.51. The summed E-state index contributed by atoms with van der Waals surface area (Å²) in [7, 11) is 0. The molecule has 0 heterocycles. The van der Waals surface area contributed by atoms with Crippen LogP contribution in [0.25, 0.3) is 0 Å². The fourth-order valence-corrected chi connectivity index (χ4v) is 2.04. The van der Waals surface area contributed by atoms with Crippen LogP contribution in [0.1, 0.15) is 51.9 Å². The van der Waals surface area contributed by atoms with Gasteiger partial charge >= 0.3 is 5.97 Å². The van der Waals surface area contributed by atoms with Crippen LogP contribution in [0.4, 0.5) is 0 Å². The van der Waals surface area contributed by atoms with Gasteiger partial charge in [0.1, 0.15) is 19.2 Å². The van der Waals surface area contributed by atoms with E-state index in [1.54, 1.807) is 6.92 Å². The van der Waals surface area contributed by atoms with E-state index in [0.717, 1.165) is 57.6 Å². The summed E-state index contributed by atoms with van der Waals surface area (Å²) in [6.07, 6.45) is 8.22. The maximum Gasteiger partial charge on any atom is 0.333 e. The van der Waals surface area contributed by atoms with E-state index < -0.39 is 0 Å². The Balaban J connectivity index is 3.46. The SMILES string of the molecule is C=C(C)C(=O)OCCNCCCC(C=O)CCCCCC=O. The van der Waals surface area contributed by atoms with Gasteiger partial charge in [-0.1, -0.05) is 19.4 Å². The highest BCUT2D eigenvalue weighted by Crippen LogP contribution is 2.13. The summed E-state index contributed by atoms with van der Waals surface area (Å²) in [6, 6.07) is 0. The van der Waals surface area contributed by atoms with Crippen molar-refractivity contribution in [2.75, 3.05) is 19.7 Å². The molecule has 0 aliphatic carbocycles. The minimum atomic E-state index is -0.364. The molecule has 0 aliphatic heterocycles. The second-order valence-electron chi connectivity index (χ2n) is 5.51. The average Bonchev–Trinajstić information content (AvgIpc) is 2.51. The summed E-state index contributed by atoms with van der Waals surface area (Å²) in [5, 5.41) is 3.18. The van der Waals surface area contributed by atoms with Gasteiger partial charge < -0.3 is 19.6 Å². The van der Waals surface area contributed by atoms with E-state index in [-0.39, 0.29) is 11.9 Å². The minimum Gasteiger partial charge on any atom is -0.461 e. The molecule has 0 aromatic carbocycles. The summed E-state index contributed by atoms with van der Waals surface area (Å²) in [6.45, 7) is 6.87. The lowest BCUT2D eigenvalue weighted by atomic mass is 9.97. The van der Waals surface area contributed by atoms with E-state index in [0.29, 0.717) is 25.1 Å². The quantitative estimate of drug-likeness (QED) is 0.218. The first-order valence-electron chi connectivity index (χ1n) is 8.04. The molecule has 1 unspecified atom stereocenters. The number of nitrogens with one attached hydrogen (secondary N) is 1. The molecule has 0 amide bonds. The van der Waals surface area contributed by atoms with Crippen molar-refractivity contribution in [2.24, 2.45) is 5.92 Å². The van der Waals surface area contributed by atoms with Crippen molar-refractivity contribution >= 4 is 18.5 Å². The molecule has 0 aromatic rings. The highest BCUT2D eigenvalue weighted by molar-refractivity contribution is 5.86. The number of carbonyl (C=O) groups excluding carboxylic acids is 3. The van der Waals surface area contributed by atoms with Gasteiger partial charge in [-0.2, -0.15) is 0 Å². The monoisotopic (exact) mass is 311 g/mol. The highest BCUT2D eigenvalue weighted by Gasteiger charge is 2.07. The molecule has 0 rings (SSSR count). The minimum absolute atomic E-state index is 0.110. The Labute approximate surface area is 133 Å². The van der Waals surface area contributed by atoms with Crippen LogP contribution < -0.4 is 5.32 Å². The highest BCUT2D eigenvalue weighted by atomic mass is 16.5. The largest absolute Gasteiger partial charge is 0.461 e. The zero-order valence-corrected chi connectivity index (χ0v) is 13.6. The maximum atomic E-state index is 11.1. The molecule has 126 valence electrons. The number of hydrogen-bond acceptors (Lipinski definition) is 5. The fourth-order valence-electron chi connectivity index (χ4n) is 2.04. The van der Waals surface area contributed by atoms with Gasteiger partial charge in [0.15, 0.2) is 0 Å². The topological polar surface area (TPSA) is 72.5 Å². The average molecular weight is 311 g/mol. The second kappa shape index (κ2) is 14.4. The van der Waals surface area contributed by atoms with Crippen molar-refractivity contribution in [1.82, 2.24) is 5.32 Å². The van der Waals surface area contributed by atoms with Crippen molar-refractivity contribution in [3.8, 4) is 0 Å². The molecular formula is C17H29NO4. The van der Waals surface area contributed by atoms with E-state index in [4.69, 9.17) is 4.74 Å². The zero-order chi connectivity index (χ0) is 16.6. The predicted octanol–water partition coefficient (Wildman–Crippen LogP) is 2.44. The van der Waals surface area contributed by atoms with Gasteiger partial charge in [0, 0.05) is 24.5 Å². The summed E-state index contributed by atoms with van der Waals surface area (Å²) in [5.41, 5.74) is 0.405. The molecule has 0 fully saturated rings. The van der Waals surface area contributed by atoms with Crippen LogP contribution >= 0.6 is 0 Å². The smallest absolute Gasteiger partial charge is 0.333 e. The number of rotatable bonds is 15. The lowest BCUT2D eigenvalue weighted by molar-refractivity contribution is -0.138. The Morgan fingerprint density at radius 1 is 1.14 bits per heavy atom. The summed E-state index contributed by atoms with van der Waals surface area (Å²) >= 11 is 0. The zero-order valence-electron chi connectivity index (χ0n) is 13.6. The first kappa shape index (κ1) is 20.5. The maximum absolute atomic E-state index is 11.1. The van der Waals surface area contributed by atoms with Gasteiger partial charge in [0.05, 0.1) is 0 Å². The number of aldehydes is 2. The molecule has 0 saturated heterocycles. The number of esters is 1. The molecule has 0 saturated carbocycles. The van der Waals surface area contributed by atoms with E-state index in [1.807, 2.05) is 0 Å². The molecule has 0 bridgehead atoms. The molecule has 0 aliphatic rings. The van der Waals surface area contributed by atoms with Crippen molar-refractivity contribution in [3.05, 3.63) is 12.2 Å². The molecule has 1 atom stereocenters. The fraction of sp³-hybridized carbons (Fsp3) is 0.706. The van der Waals surface area contributed by atoms with Crippen LogP contribution in [0.2, 0.25) is 0 Å². The Kier molecular flexibility index (Phi) is 13.5. The van der Waals surface area contributed by atoms with Gasteiger partial charge in [-0.05, 0) is 39.2 Å². The Morgan fingerprint density at radius 2 is 1.86 bits per heavy atom. The summed E-state index contributed by atoms with van der Waals surface area (Å²) in [4.78, 5) is 32.3. The standard InChI is InChI=1S/C17H29NO4/c1-15(2)17(21)22-13-11-18-10-7-9-16(14-20)8-5-3-4-6-12-19/h12,14,16,18H,1,3-11,13H2,2H3. The Hall–Kier alpha value is -1.49. The third kappa shape index (κ3) is 12.3. The number of unbranched alkanes of at least 4 members (excludes halogenated alkanes) is 3. The van der Waals surface area contributed by atoms with E-state index >= 15 is 0 Å². The molecule has 0 radical (unpaired) electrons. The summed E-state index contributed by atoms with van der Waals surface area (Å²) < 4.78 is 4.96. The Bertz CT molecular complexity index is 342. The van der Waals surface area contributed by atoms with E-state index in [9.17, 15) is 14.4 Å². The van der Waals surface area contributed by atoms with Crippen LogP contribution in [-0.2, 0) is 19.1 Å². The number of carbonyl (C=O) groups is 3. The van der Waals surface area contributed by atoms with Crippen molar-refractivity contribution in [3.63, 3.8) is 0 Å². The van der Waals surface area contributed by atoms with Gasteiger partial charge in [-0.15, -0.1) is 0 Å². The van der Waals surface area contributed by atoms with Gasteiger partial charge in [0.25, 0.3) is 0 Å². The van der Waals surface area contributed by atoms with Crippen LogP contribution in [0.5, 0.6) is 0 Å². The third-order valence-electron chi connectivity index (χ3n) is 3.38. The van der Waals surface area contributed by atoms with Gasteiger partial charge in [-0.25, -0.2) is 4.79 Å². The summed E-state index contributed by atoms with van der Waals surface area (Å²) in [5.74, 6) is -0.253. The van der Waals surface area contributed by atoms with Crippen LogP contribution in [-0.4, -0.2) is 38.2 Å². The molecule has 22 heavy (non-hydrogen) atoms. The van der Waals surface area contributed by atoms with Crippen molar-refractivity contribution < 1.29 is 19.1 Å². The first-order valence-corrected chi connectivity index (χ1v) is 8.04.